The van der Waals surface area contributed by atoms with E-state index in [-0.39, 0.29) is 5.82 Å². The zero-order valence-electron chi connectivity index (χ0n) is 11.5. The van der Waals surface area contributed by atoms with Crippen LogP contribution in [0.25, 0.3) is 0 Å². The summed E-state index contributed by atoms with van der Waals surface area (Å²) in [5, 5.41) is 3.38. The zero-order valence-corrected chi connectivity index (χ0v) is 11.5. The minimum atomic E-state index is -0.209. The zero-order chi connectivity index (χ0) is 14.0. The van der Waals surface area contributed by atoms with Gasteiger partial charge in [-0.25, -0.2) is 4.39 Å². The van der Waals surface area contributed by atoms with Crippen LogP contribution in [0.3, 0.4) is 0 Å². The summed E-state index contributed by atoms with van der Waals surface area (Å²) in [5.74, 6) is -0.209. The topological polar surface area (TPSA) is 21.3 Å². The highest BCUT2D eigenvalue weighted by Crippen LogP contribution is 2.04. The molecule has 106 valence electrons. The largest absolute Gasteiger partial charge is 0.377 e. The summed E-state index contributed by atoms with van der Waals surface area (Å²) in [6.45, 7) is 3.06. The van der Waals surface area contributed by atoms with Gasteiger partial charge in [0, 0.05) is 13.2 Å². The maximum absolute atomic E-state index is 12.7. The van der Waals surface area contributed by atoms with Crippen LogP contribution in [0, 0.1) is 5.82 Å². The first-order chi connectivity index (χ1) is 9.84. The molecule has 1 N–H and O–H groups in total. The quantitative estimate of drug-likeness (QED) is 0.743. The van der Waals surface area contributed by atoms with Crippen molar-refractivity contribution < 1.29 is 9.13 Å². The summed E-state index contributed by atoms with van der Waals surface area (Å²) in [6, 6.07) is 16.8. The lowest BCUT2D eigenvalue weighted by atomic mass is 10.2. The molecule has 0 unspecified atom stereocenters. The molecular formula is C17H20FNO. The van der Waals surface area contributed by atoms with Crippen molar-refractivity contribution in [1.29, 1.82) is 0 Å². The van der Waals surface area contributed by atoms with E-state index in [1.165, 1.54) is 17.7 Å². The average molecular weight is 273 g/mol. The van der Waals surface area contributed by atoms with Crippen molar-refractivity contribution in [3.8, 4) is 0 Å². The average Bonchev–Trinajstić information content (AvgIpc) is 2.49. The third-order valence-electron chi connectivity index (χ3n) is 3.00. The maximum atomic E-state index is 12.7. The molecule has 0 bridgehead atoms. The van der Waals surface area contributed by atoms with Crippen LogP contribution in [0.1, 0.15) is 17.5 Å². The fourth-order valence-corrected chi connectivity index (χ4v) is 1.90. The van der Waals surface area contributed by atoms with Crippen molar-refractivity contribution in [1.82, 2.24) is 5.32 Å². The van der Waals surface area contributed by atoms with Crippen LogP contribution < -0.4 is 5.32 Å². The Labute approximate surface area is 119 Å². The minimum Gasteiger partial charge on any atom is -0.377 e. The second-order valence-electron chi connectivity index (χ2n) is 4.69. The van der Waals surface area contributed by atoms with Gasteiger partial charge in [0.15, 0.2) is 0 Å². The molecule has 0 atom stereocenters. The van der Waals surface area contributed by atoms with Gasteiger partial charge in [-0.05, 0) is 36.2 Å². The Balaban J connectivity index is 1.51. The molecule has 2 rings (SSSR count). The summed E-state index contributed by atoms with van der Waals surface area (Å²) in [6.07, 6.45) is 0.966. The molecule has 20 heavy (non-hydrogen) atoms. The lowest BCUT2D eigenvalue weighted by molar-refractivity contribution is 0.118. The van der Waals surface area contributed by atoms with Crippen molar-refractivity contribution in [2.45, 2.75) is 19.6 Å². The van der Waals surface area contributed by atoms with E-state index >= 15 is 0 Å². The number of benzene rings is 2. The fraction of sp³-hybridized carbons (Fsp3) is 0.294. The molecule has 0 heterocycles. The van der Waals surface area contributed by atoms with Crippen molar-refractivity contribution in [3.63, 3.8) is 0 Å². The van der Waals surface area contributed by atoms with E-state index in [0.29, 0.717) is 13.2 Å². The highest BCUT2D eigenvalue weighted by atomic mass is 19.1. The number of hydrogen-bond donors (Lipinski definition) is 1. The molecule has 0 aromatic heterocycles. The smallest absolute Gasteiger partial charge is 0.123 e. The van der Waals surface area contributed by atoms with Gasteiger partial charge in [-0.3, -0.25) is 0 Å². The van der Waals surface area contributed by atoms with Gasteiger partial charge in [-0.1, -0.05) is 42.5 Å². The van der Waals surface area contributed by atoms with E-state index in [1.807, 2.05) is 18.2 Å². The molecule has 0 aliphatic carbocycles. The minimum absolute atomic E-state index is 0.209. The molecular weight excluding hydrogens is 253 g/mol. The normalized spacial score (nSPS) is 10.7. The van der Waals surface area contributed by atoms with E-state index in [4.69, 9.17) is 4.74 Å². The number of halogens is 1. The van der Waals surface area contributed by atoms with Crippen LogP contribution in [-0.4, -0.2) is 13.2 Å². The third-order valence-corrected chi connectivity index (χ3v) is 3.00. The number of hydrogen-bond acceptors (Lipinski definition) is 2. The van der Waals surface area contributed by atoms with E-state index in [2.05, 4.69) is 17.4 Å². The Morgan fingerprint density at radius 1 is 0.900 bits per heavy atom. The summed E-state index contributed by atoms with van der Waals surface area (Å²) in [4.78, 5) is 0. The second-order valence-corrected chi connectivity index (χ2v) is 4.69. The van der Waals surface area contributed by atoms with Gasteiger partial charge >= 0.3 is 0 Å². The van der Waals surface area contributed by atoms with Crippen LogP contribution in [0.4, 0.5) is 4.39 Å². The Kier molecular flexibility index (Phi) is 6.21. The number of rotatable bonds is 8. The highest BCUT2D eigenvalue weighted by Gasteiger charge is 1.95. The van der Waals surface area contributed by atoms with Crippen molar-refractivity contribution >= 4 is 0 Å². The first-order valence-electron chi connectivity index (χ1n) is 6.91. The lowest BCUT2D eigenvalue weighted by Crippen LogP contribution is -2.16. The van der Waals surface area contributed by atoms with Gasteiger partial charge in [-0.15, -0.1) is 0 Å². The Morgan fingerprint density at radius 2 is 1.65 bits per heavy atom. The van der Waals surface area contributed by atoms with Crippen LogP contribution in [-0.2, 0) is 17.9 Å². The SMILES string of the molecule is Fc1ccc(COCCCNCc2ccccc2)cc1. The summed E-state index contributed by atoms with van der Waals surface area (Å²) >= 11 is 0. The van der Waals surface area contributed by atoms with Gasteiger partial charge in [0.05, 0.1) is 6.61 Å². The molecule has 2 aromatic rings. The van der Waals surface area contributed by atoms with Crippen molar-refractivity contribution in [2.24, 2.45) is 0 Å². The van der Waals surface area contributed by atoms with Crippen LogP contribution in [0.15, 0.2) is 54.6 Å². The van der Waals surface area contributed by atoms with Gasteiger partial charge in [0.25, 0.3) is 0 Å². The fourth-order valence-electron chi connectivity index (χ4n) is 1.90. The lowest BCUT2D eigenvalue weighted by Gasteiger charge is -2.06. The monoisotopic (exact) mass is 273 g/mol. The molecule has 0 aliphatic heterocycles. The first-order valence-corrected chi connectivity index (χ1v) is 6.91. The van der Waals surface area contributed by atoms with Crippen LogP contribution in [0.5, 0.6) is 0 Å². The number of ether oxygens (including phenoxy) is 1. The molecule has 0 aliphatic rings. The van der Waals surface area contributed by atoms with Crippen molar-refractivity contribution in [3.05, 3.63) is 71.5 Å². The molecule has 2 aromatic carbocycles. The summed E-state index contributed by atoms with van der Waals surface area (Å²) < 4.78 is 18.3. The van der Waals surface area contributed by atoms with E-state index in [1.54, 1.807) is 12.1 Å². The summed E-state index contributed by atoms with van der Waals surface area (Å²) in [7, 11) is 0. The maximum Gasteiger partial charge on any atom is 0.123 e. The van der Waals surface area contributed by atoms with Gasteiger partial charge in [0.2, 0.25) is 0 Å². The van der Waals surface area contributed by atoms with Crippen molar-refractivity contribution in [2.75, 3.05) is 13.2 Å². The van der Waals surface area contributed by atoms with E-state index in [0.717, 1.165) is 25.1 Å². The van der Waals surface area contributed by atoms with Crippen LogP contribution >= 0.6 is 0 Å². The van der Waals surface area contributed by atoms with E-state index < -0.39 is 0 Å². The Morgan fingerprint density at radius 3 is 2.40 bits per heavy atom. The van der Waals surface area contributed by atoms with Crippen LogP contribution in [0.2, 0.25) is 0 Å². The van der Waals surface area contributed by atoms with Gasteiger partial charge in [0.1, 0.15) is 5.82 Å². The Bertz CT molecular complexity index is 484. The second kappa shape index (κ2) is 8.46. The van der Waals surface area contributed by atoms with E-state index in [9.17, 15) is 4.39 Å². The molecule has 0 saturated heterocycles. The van der Waals surface area contributed by atoms with Gasteiger partial charge < -0.3 is 10.1 Å². The molecule has 0 amide bonds. The standard InChI is InChI=1S/C17H20FNO/c18-17-9-7-16(8-10-17)14-20-12-4-11-19-13-15-5-2-1-3-6-15/h1-3,5-10,19H,4,11-14H2. The third kappa shape index (κ3) is 5.51. The molecule has 2 nitrogen and oxygen atoms in total. The molecule has 3 heteroatoms. The molecule has 0 saturated carbocycles. The highest BCUT2D eigenvalue weighted by molar-refractivity contribution is 5.15. The molecule has 0 fully saturated rings. The predicted octanol–water partition coefficient (Wildman–Crippen LogP) is 3.52. The first kappa shape index (κ1) is 14.7. The molecule has 0 radical (unpaired) electrons. The Hall–Kier alpha value is -1.71. The summed E-state index contributed by atoms with van der Waals surface area (Å²) in [5.41, 5.74) is 2.29. The predicted molar refractivity (Wildman–Crippen MR) is 78.8 cm³/mol. The van der Waals surface area contributed by atoms with Gasteiger partial charge in [-0.2, -0.15) is 0 Å². The number of nitrogens with one attached hydrogen (secondary N) is 1. The molecule has 0 spiro atoms.